The van der Waals surface area contributed by atoms with E-state index in [1.165, 1.54) is 11.1 Å². The summed E-state index contributed by atoms with van der Waals surface area (Å²) in [5.74, 6) is 1.78. The molecule has 0 aliphatic rings. The lowest BCUT2D eigenvalue weighted by molar-refractivity contribution is 0.468. The molecule has 2 aromatic carbocycles. The molecule has 0 spiro atoms. The highest BCUT2D eigenvalue weighted by Gasteiger charge is 2.10. The molecular weight excluding hydrogens is 326 g/mol. The fourth-order valence-corrected chi connectivity index (χ4v) is 2.72. The highest BCUT2D eigenvalue weighted by atomic mass is 79.9. The molecule has 2 aromatic rings. The third-order valence-corrected chi connectivity index (χ3v) is 4.07. The largest absolute Gasteiger partial charge is 0.457 e. The van der Waals surface area contributed by atoms with Crippen LogP contribution in [0.15, 0.2) is 40.9 Å². The van der Waals surface area contributed by atoms with E-state index in [9.17, 15) is 0 Å². The zero-order valence-corrected chi connectivity index (χ0v) is 14.4. The summed E-state index contributed by atoms with van der Waals surface area (Å²) >= 11 is 3.48. The van der Waals surface area contributed by atoms with Crippen molar-refractivity contribution in [3.05, 3.63) is 57.6 Å². The van der Waals surface area contributed by atoms with E-state index in [0.717, 1.165) is 34.4 Å². The maximum absolute atomic E-state index is 6.12. The first-order valence-corrected chi connectivity index (χ1v) is 8.08. The monoisotopic (exact) mass is 347 g/mol. The highest BCUT2D eigenvalue weighted by molar-refractivity contribution is 9.10. The van der Waals surface area contributed by atoms with Crippen molar-refractivity contribution in [1.29, 1.82) is 0 Å². The van der Waals surface area contributed by atoms with Gasteiger partial charge < -0.3 is 10.5 Å². The standard InChI is InChI=1S/C18H22BrNO/c1-4-16(20)11-14-9-12(2)5-7-18(14)21-17-8-6-15(19)10-13(17)3/h5-10,16H,4,11,20H2,1-3H3. The summed E-state index contributed by atoms with van der Waals surface area (Å²) in [5, 5.41) is 0. The van der Waals surface area contributed by atoms with Gasteiger partial charge in [0.25, 0.3) is 0 Å². The Morgan fingerprint density at radius 1 is 1.10 bits per heavy atom. The number of ether oxygens (including phenoxy) is 1. The molecule has 2 nitrogen and oxygen atoms in total. The zero-order chi connectivity index (χ0) is 15.4. The molecule has 0 aromatic heterocycles. The molecule has 3 heteroatoms. The second kappa shape index (κ2) is 7.10. The van der Waals surface area contributed by atoms with Crippen LogP contribution in [0.5, 0.6) is 11.5 Å². The molecule has 0 amide bonds. The molecule has 21 heavy (non-hydrogen) atoms. The lowest BCUT2D eigenvalue weighted by Gasteiger charge is -2.16. The lowest BCUT2D eigenvalue weighted by Crippen LogP contribution is -2.21. The Morgan fingerprint density at radius 2 is 1.81 bits per heavy atom. The van der Waals surface area contributed by atoms with Gasteiger partial charge in [-0.15, -0.1) is 0 Å². The van der Waals surface area contributed by atoms with Gasteiger partial charge in [0.1, 0.15) is 11.5 Å². The summed E-state index contributed by atoms with van der Waals surface area (Å²) in [6, 6.07) is 12.5. The van der Waals surface area contributed by atoms with E-state index in [-0.39, 0.29) is 6.04 Å². The van der Waals surface area contributed by atoms with Crippen LogP contribution >= 0.6 is 15.9 Å². The quantitative estimate of drug-likeness (QED) is 0.812. The normalized spacial score (nSPS) is 12.2. The number of nitrogens with two attached hydrogens (primary N) is 1. The fraction of sp³-hybridized carbons (Fsp3) is 0.333. The number of hydrogen-bond acceptors (Lipinski definition) is 2. The van der Waals surface area contributed by atoms with E-state index in [2.05, 4.69) is 48.0 Å². The zero-order valence-electron chi connectivity index (χ0n) is 12.8. The first-order chi connectivity index (χ1) is 9.99. The van der Waals surface area contributed by atoms with E-state index in [1.807, 2.05) is 25.1 Å². The van der Waals surface area contributed by atoms with Gasteiger partial charge in [0, 0.05) is 10.5 Å². The van der Waals surface area contributed by atoms with Crippen LogP contribution in [0.25, 0.3) is 0 Å². The Kier molecular flexibility index (Phi) is 5.43. The third-order valence-electron chi connectivity index (χ3n) is 3.58. The Morgan fingerprint density at radius 3 is 2.48 bits per heavy atom. The van der Waals surface area contributed by atoms with Gasteiger partial charge in [-0.25, -0.2) is 0 Å². The molecule has 0 aliphatic carbocycles. The smallest absolute Gasteiger partial charge is 0.130 e. The molecule has 0 saturated carbocycles. The molecule has 0 heterocycles. The number of hydrogen-bond donors (Lipinski definition) is 1. The molecule has 1 unspecified atom stereocenters. The number of aryl methyl sites for hydroxylation is 2. The van der Waals surface area contributed by atoms with Gasteiger partial charge in [-0.05, 0) is 62.1 Å². The van der Waals surface area contributed by atoms with E-state index in [1.54, 1.807) is 0 Å². The van der Waals surface area contributed by atoms with Crippen molar-refractivity contribution < 1.29 is 4.74 Å². The third kappa shape index (κ3) is 4.32. The lowest BCUT2D eigenvalue weighted by atomic mass is 10.0. The predicted molar refractivity (Wildman–Crippen MR) is 92.1 cm³/mol. The first-order valence-electron chi connectivity index (χ1n) is 7.28. The van der Waals surface area contributed by atoms with E-state index >= 15 is 0 Å². The van der Waals surface area contributed by atoms with Crippen LogP contribution < -0.4 is 10.5 Å². The maximum Gasteiger partial charge on any atom is 0.130 e. The van der Waals surface area contributed by atoms with Gasteiger partial charge in [-0.3, -0.25) is 0 Å². The summed E-state index contributed by atoms with van der Waals surface area (Å²) in [4.78, 5) is 0. The number of rotatable bonds is 5. The van der Waals surface area contributed by atoms with Crippen molar-refractivity contribution in [3.8, 4) is 11.5 Å². The van der Waals surface area contributed by atoms with E-state index in [4.69, 9.17) is 10.5 Å². The van der Waals surface area contributed by atoms with Gasteiger partial charge in [-0.2, -0.15) is 0 Å². The molecule has 2 rings (SSSR count). The van der Waals surface area contributed by atoms with Crippen molar-refractivity contribution >= 4 is 15.9 Å². The van der Waals surface area contributed by atoms with Gasteiger partial charge in [-0.1, -0.05) is 40.5 Å². The van der Waals surface area contributed by atoms with E-state index < -0.39 is 0 Å². The first kappa shape index (κ1) is 16.1. The molecular formula is C18H22BrNO. The van der Waals surface area contributed by atoms with Crippen LogP contribution in [0.3, 0.4) is 0 Å². The molecule has 112 valence electrons. The Bertz CT molecular complexity index is 625. The topological polar surface area (TPSA) is 35.2 Å². The maximum atomic E-state index is 6.12. The minimum absolute atomic E-state index is 0.167. The van der Waals surface area contributed by atoms with Crippen molar-refractivity contribution in [1.82, 2.24) is 0 Å². The van der Waals surface area contributed by atoms with Crippen molar-refractivity contribution in [3.63, 3.8) is 0 Å². The average molecular weight is 348 g/mol. The number of benzene rings is 2. The van der Waals surface area contributed by atoms with Gasteiger partial charge in [0.15, 0.2) is 0 Å². The molecule has 0 saturated heterocycles. The molecule has 1 atom stereocenters. The Balaban J connectivity index is 2.30. The number of halogens is 1. The molecule has 0 radical (unpaired) electrons. The van der Waals surface area contributed by atoms with Crippen molar-refractivity contribution in [2.45, 2.75) is 39.7 Å². The van der Waals surface area contributed by atoms with Gasteiger partial charge in [0.05, 0.1) is 0 Å². The van der Waals surface area contributed by atoms with E-state index in [0.29, 0.717) is 0 Å². The molecule has 0 aliphatic heterocycles. The van der Waals surface area contributed by atoms with Crippen LogP contribution in [0.1, 0.15) is 30.0 Å². The highest BCUT2D eigenvalue weighted by Crippen LogP contribution is 2.31. The summed E-state index contributed by atoms with van der Waals surface area (Å²) in [5.41, 5.74) is 9.62. The summed E-state index contributed by atoms with van der Waals surface area (Å²) < 4.78 is 7.18. The minimum atomic E-state index is 0.167. The summed E-state index contributed by atoms with van der Waals surface area (Å²) in [6.45, 7) is 6.25. The summed E-state index contributed by atoms with van der Waals surface area (Å²) in [6.07, 6.45) is 1.80. The summed E-state index contributed by atoms with van der Waals surface area (Å²) in [7, 11) is 0. The second-order valence-electron chi connectivity index (χ2n) is 5.50. The molecule has 0 fully saturated rings. The fourth-order valence-electron chi connectivity index (χ4n) is 2.24. The molecule has 0 bridgehead atoms. The molecule has 2 N–H and O–H groups in total. The van der Waals surface area contributed by atoms with Gasteiger partial charge >= 0.3 is 0 Å². The van der Waals surface area contributed by atoms with Crippen LogP contribution in [-0.2, 0) is 6.42 Å². The predicted octanol–water partition coefficient (Wildman–Crippen LogP) is 5.14. The second-order valence-corrected chi connectivity index (χ2v) is 6.41. The van der Waals surface area contributed by atoms with Crippen LogP contribution in [-0.4, -0.2) is 6.04 Å². The van der Waals surface area contributed by atoms with Crippen LogP contribution in [0.4, 0.5) is 0 Å². The Labute approximate surface area is 135 Å². The average Bonchev–Trinajstić information content (AvgIpc) is 2.44. The van der Waals surface area contributed by atoms with Crippen molar-refractivity contribution in [2.24, 2.45) is 5.73 Å². The van der Waals surface area contributed by atoms with Crippen LogP contribution in [0.2, 0.25) is 0 Å². The van der Waals surface area contributed by atoms with Crippen molar-refractivity contribution in [2.75, 3.05) is 0 Å². The van der Waals surface area contributed by atoms with Gasteiger partial charge in [0.2, 0.25) is 0 Å². The van der Waals surface area contributed by atoms with Crippen LogP contribution in [0, 0.1) is 13.8 Å². The minimum Gasteiger partial charge on any atom is -0.457 e. The Hall–Kier alpha value is -1.32. The SMILES string of the molecule is CCC(N)Cc1cc(C)ccc1Oc1ccc(Br)cc1C.